The number of sulfone groups is 1. The van der Waals surface area contributed by atoms with Gasteiger partial charge in [-0.25, -0.2) is 13.4 Å². The van der Waals surface area contributed by atoms with Crippen LogP contribution in [0.2, 0.25) is 0 Å². The highest BCUT2D eigenvalue weighted by molar-refractivity contribution is 7.91. The number of hydrogen-bond acceptors (Lipinski definition) is 4. The summed E-state index contributed by atoms with van der Waals surface area (Å²) >= 11 is 0. The molecule has 4 rings (SSSR count). The van der Waals surface area contributed by atoms with Crippen LogP contribution in [0.1, 0.15) is 32.6 Å². The predicted octanol–water partition coefficient (Wildman–Crippen LogP) is 4.02. The molecule has 0 radical (unpaired) electrons. The molecule has 2 heterocycles. The van der Waals surface area contributed by atoms with Gasteiger partial charge in [-0.3, -0.25) is 4.79 Å². The molecule has 2 aromatic heterocycles. The Morgan fingerprint density at radius 2 is 1.68 bits per heavy atom. The molecule has 0 spiro atoms. The standard InChI is InChI=1S/C24H23N3O3S/c1-16-12-18(3)22(13-17(16)2)31(29,30)21-7-4-19(5-8-21)14-26-24(28)20-6-9-23-25-10-11-27(23)15-20/h4-13,15H,14H2,1-3H3,(H,26,28). The van der Waals surface area contributed by atoms with Crippen molar-refractivity contribution >= 4 is 21.4 Å². The zero-order valence-electron chi connectivity index (χ0n) is 17.6. The zero-order chi connectivity index (χ0) is 22.2. The monoisotopic (exact) mass is 433 g/mol. The van der Waals surface area contributed by atoms with E-state index in [0.717, 1.165) is 27.9 Å². The molecule has 0 aliphatic heterocycles. The smallest absolute Gasteiger partial charge is 0.253 e. The first kappa shape index (κ1) is 20.8. The van der Waals surface area contributed by atoms with Crippen LogP contribution in [-0.2, 0) is 16.4 Å². The van der Waals surface area contributed by atoms with E-state index in [1.165, 1.54) is 0 Å². The summed E-state index contributed by atoms with van der Waals surface area (Å²) in [6.45, 7) is 5.98. The molecule has 0 aliphatic rings. The quantitative estimate of drug-likeness (QED) is 0.515. The maximum Gasteiger partial charge on any atom is 0.253 e. The Morgan fingerprint density at radius 1 is 0.968 bits per heavy atom. The summed E-state index contributed by atoms with van der Waals surface area (Å²) in [7, 11) is -3.61. The fraction of sp³-hybridized carbons (Fsp3) is 0.167. The van der Waals surface area contributed by atoms with Crippen LogP contribution >= 0.6 is 0 Å². The van der Waals surface area contributed by atoms with Crippen LogP contribution < -0.4 is 5.32 Å². The summed E-state index contributed by atoms with van der Waals surface area (Å²) in [6, 6.07) is 13.7. The van der Waals surface area contributed by atoms with Crippen LogP contribution in [-0.4, -0.2) is 23.7 Å². The second kappa shape index (κ2) is 8.00. The summed E-state index contributed by atoms with van der Waals surface area (Å²) < 4.78 is 28.0. The minimum atomic E-state index is -3.61. The number of nitrogens with one attached hydrogen (secondary N) is 1. The molecule has 2 aromatic carbocycles. The van der Waals surface area contributed by atoms with E-state index < -0.39 is 9.84 Å². The predicted molar refractivity (Wildman–Crippen MR) is 119 cm³/mol. The molecule has 4 aromatic rings. The van der Waals surface area contributed by atoms with E-state index in [-0.39, 0.29) is 10.8 Å². The molecule has 0 unspecified atom stereocenters. The molecule has 0 saturated heterocycles. The first-order valence-corrected chi connectivity index (χ1v) is 11.4. The third-order valence-corrected chi connectivity index (χ3v) is 7.33. The van der Waals surface area contributed by atoms with Crippen molar-refractivity contribution in [2.75, 3.05) is 0 Å². The summed E-state index contributed by atoms with van der Waals surface area (Å²) in [6.07, 6.45) is 5.17. The topological polar surface area (TPSA) is 80.5 Å². The molecule has 1 N–H and O–H groups in total. The van der Waals surface area contributed by atoms with Gasteiger partial charge in [0.05, 0.1) is 15.4 Å². The summed E-state index contributed by atoms with van der Waals surface area (Å²) in [4.78, 5) is 17.2. The average Bonchev–Trinajstić information content (AvgIpc) is 3.22. The minimum absolute atomic E-state index is 0.210. The highest BCUT2D eigenvalue weighted by Gasteiger charge is 2.20. The Bertz CT molecular complexity index is 1390. The SMILES string of the molecule is Cc1cc(C)c(S(=O)(=O)c2ccc(CNC(=O)c3ccc4nccn4c3)cc2)cc1C. The Hall–Kier alpha value is -3.45. The van der Waals surface area contributed by atoms with Crippen molar-refractivity contribution in [3.63, 3.8) is 0 Å². The van der Waals surface area contributed by atoms with E-state index in [9.17, 15) is 13.2 Å². The molecule has 0 atom stereocenters. The number of imidazole rings is 1. The number of pyridine rings is 1. The molecule has 0 saturated carbocycles. The Morgan fingerprint density at radius 3 is 2.42 bits per heavy atom. The van der Waals surface area contributed by atoms with Gasteiger partial charge in [-0.05, 0) is 73.4 Å². The van der Waals surface area contributed by atoms with E-state index in [1.54, 1.807) is 65.5 Å². The summed E-state index contributed by atoms with van der Waals surface area (Å²) in [5, 5.41) is 2.86. The van der Waals surface area contributed by atoms with Crippen LogP contribution in [0, 0.1) is 20.8 Å². The molecule has 31 heavy (non-hydrogen) atoms. The van der Waals surface area contributed by atoms with E-state index in [1.807, 2.05) is 26.8 Å². The van der Waals surface area contributed by atoms with E-state index >= 15 is 0 Å². The molecular weight excluding hydrogens is 410 g/mol. The van der Waals surface area contributed by atoms with E-state index in [2.05, 4.69) is 10.3 Å². The highest BCUT2D eigenvalue weighted by Crippen LogP contribution is 2.26. The molecule has 1 amide bonds. The lowest BCUT2D eigenvalue weighted by Gasteiger charge is -2.12. The van der Waals surface area contributed by atoms with Crippen molar-refractivity contribution in [2.45, 2.75) is 37.1 Å². The fourth-order valence-corrected chi connectivity index (χ4v) is 5.04. The number of aromatic nitrogens is 2. The van der Waals surface area contributed by atoms with Crippen LogP contribution in [0.3, 0.4) is 0 Å². The largest absolute Gasteiger partial charge is 0.348 e. The van der Waals surface area contributed by atoms with Gasteiger partial charge in [0.25, 0.3) is 5.91 Å². The van der Waals surface area contributed by atoms with Crippen molar-refractivity contribution in [2.24, 2.45) is 0 Å². The summed E-state index contributed by atoms with van der Waals surface area (Å²) in [5.74, 6) is -0.210. The Balaban J connectivity index is 1.49. The number of fused-ring (bicyclic) bond motifs is 1. The van der Waals surface area contributed by atoms with Crippen LogP contribution in [0.5, 0.6) is 0 Å². The van der Waals surface area contributed by atoms with Gasteiger partial charge in [-0.1, -0.05) is 18.2 Å². The number of benzene rings is 2. The number of nitrogens with zero attached hydrogens (tertiary/aromatic N) is 2. The number of aryl methyl sites for hydroxylation is 3. The number of amides is 1. The highest BCUT2D eigenvalue weighted by atomic mass is 32.2. The molecule has 0 bridgehead atoms. The van der Waals surface area contributed by atoms with Gasteiger partial charge in [-0.2, -0.15) is 0 Å². The number of carbonyl (C=O) groups is 1. The third kappa shape index (κ3) is 4.09. The third-order valence-electron chi connectivity index (χ3n) is 5.42. The van der Waals surface area contributed by atoms with E-state index in [0.29, 0.717) is 17.0 Å². The maximum absolute atomic E-state index is 13.1. The van der Waals surface area contributed by atoms with E-state index in [4.69, 9.17) is 0 Å². The molecule has 0 aliphatic carbocycles. The van der Waals surface area contributed by atoms with Crippen molar-refractivity contribution in [3.8, 4) is 0 Å². The molecule has 0 fully saturated rings. The lowest BCUT2D eigenvalue weighted by atomic mass is 10.1. The van der Waals surface area contributed by atoms with Crippen molar-refractivity contribution in [1.29, 1.82) is 0 Å². The van der Waals surface area contributed by atoms with Gasteiger partial charge in [-0.15, -0.1) is 0 Å². The second-order valence-electron chi connectivity index (χ2n) is 7.64. The number of carbonyl (C=O) groups excluding carboxylic acids is 1. The van der Waals surface area contributed by atoms with Crippen molar-refractivity contribution in [1.82, 2.24) is 14.7 Å². The average molecular weight is 434 g/mol. The van der Waals surface area contributed by atoms with Gasteiger partial charge in [0.2, 0.25) is 9.84 Å². The lowest BCUT2D eigenvalue weighted by Crippen LogP contribution is -2.23. The maximum atomic E-state index is 13.1. The fourth-order valence-electron chi connectivity index (χ4n) is 3.48. The molecular formula is C24H23N3O3S. The molecule has 6 nitrogen and oxygen atoms in total. The van der Waals surface area contributed by atoms with Crippen molar-refractivity contribution in [3.05, 3.63) is 94.9 Å². The van der Waals surface area contributed by atoms with Gasteiger partial charge in [0.1, 0.15) is 5.65 Å². The van der Waals surface area contributed by atoms with Crippen molar-refractivity contribution < 1.29 is 13.2 Å². The normalized spacial score (nSPS) is 11.6. The lowest BCUT2D eigenvalue weighted by molar-refractivity contribution is 0.0950. The number of hydrogen-bond donors (Lipinski definition) is 1. The van der Waals surface area contributed by atoms with Crippen LogP contribution in [0.4, 0.5) is 0 Å². The van der Waals surface area contributed by atoms with Gasteiger partial charge >= 0.3 is 0 Å². The first-order chi connectivity index (χ1) is 14.8. The second-order valence-corrected chi connectivity index (χ2v) is 9.56. The zero-order valence-corrected chi connectivity index (χ0v) is 18.4. The molecule has 158 valence electrons. The Kier molecular flexibility index (Phi) is 5.37. The molecule has 7 heteroatoms. The van der Waals surface area contributed by atoms with Gasteiger partial charge in [0, 0.05) is 25.1 Å². The summed E-state index contributed by atoms with van der Waals surface area (Å²) in [5.41, 5.74) is 4.84. The minimum Gasteiger partial charge on any atom is -0.348 e. The van der Waals surface area contributed by atoms with Crippen LogP contribution in [0.25, 0.3) is 5.65 Å². The number of rotatable bonds is 5. The van der Waals surface area contributed by atoms with Crippen LogP contribution in [0.15, 0.2) is 76.9 Å². The Labute approximate surface area is 181 Å². The first-order valence-electron chi connectivity index (χ1n) is 9.88. The van der Waals surface area contributed by atoms with Gasteiger partial charge < -0.3 is 9.72 Å². The van der Waals surface area contributed by atoms with Gasteiger partial charge in [0.15, 0.2) is 0 Å².